The zero-order valence-corrected chi connectivity index (χ0v) is 8.56. The third-order valence-corrected chi connectivity index (χ3v) is 2.55. The van der Waals surface area contributed by atoms with E-state index in [0.29, 0.717) is 5.69 Å². The Morgan fingerprint density at radius 3 is 2.47 bits per heavy atom. The minimum Gasteiger partial charge on any atom is -0.379 e. The highest BCUT2D eigenvalue weighted by atomic mass is 16.5. The minimum atomic E-state index is 0.487. The van der Waals surface area contributed by atoms with E-state index in [1.807, 2.05) is 12.1 Å². The first-order chi connectivity index (χ1) is 7.38. The maximum absolute atomic E-state index is 10.2. The van der Waals surface area contributed by atoms with E-state index in [9.17, 15) is 4.91 Å². The van der Waals surface area contributed by atoms with E-state index >= 15 is 0 Å². The van der Waals surface area contributed by atoms with Gasteiger partial charge in [-0.2, -0.15) is 0 Å². The van der Waals surface area contributed by atoms with Crippen LogP contribution in [0, 0.1) is 4.91 Å². The number of rotatable bonds is 3. The third-order valence-electron chi connectivity index (χ3n) is 2.55. The Hall–Kier alpha value is -1.26. The van der Waals surface area contributed by atoms with Crippen molar-refractivity contribution in [2.75, 3.05) is 26.3 Å². The smallest absolute Gasteiger partial charge is 0.108 e. The Balaban J connectivity index is 1.94. The van der Waals surface area contributed by atoms with Gasteiger partial charge in [-0.1, -0.05) is 12.1 Å². The van der Waals surface area contributed by atoms with Gasteiger partial charge in [-0.3, -0.25) is 4.90 Å². The maximum Gasteiger partial charge on any atom is 0.108 e. The topological polar surface area (TPSA) is 41.9 Å². The predicted molar refractivity (Wildman–Crippen MR) is 58.0 cm³/mol. The molecule has 1 fully saturated rings. The molecule has 0 amide bonds. The molecule has 1 aliphatic rings. The standard InChI is InChI=1S/C11H14N2O2/c14-12-11-3-1-10(2-4-11)9-13-5-7-15-8-6-13/h1-4H,5-9H2. The summed E-state index contributed by atoms with van der Waals surface area (Å²) in [5.41, 5.74) is 1.70. The van der Waals surface area contributed by atoms with Crippen LogP contribution in [-0.2, 0) is 11.3 Å². The molecule has 1 saturated heterocycles. The summed E-state index contributed by atoms with van der Waals surface area (Å²) in [5.74, 6) is 0. The number of benzene rings is 1. The molecule has 1 aliphatic heterocycles. The summed E-state index contributed by atoms with van der Waals surface area (Å²) in [6.45, 7) is 4.51. The monoisotopic (exact) mass is 206 g/mol. The highest BCUT2D eigenvalue weighted by Crippen LogP contribution is 2.14. The van der Waals surface area contributed by atoms with Crippen LogP contribution in [0.25, 0.3) is 0 Å². The molecule has 0 unspecified atom stereocenters. The lowest BCUT2D eigenvalue weighted by Gasteiger charge is -2.26. The number of nitroso groups, excluding NO2 is 1. The minimum absolute atomic E-state index is 0.487. The second-order valence-corrected chi connectivity index (χ2v) is 3.65. The number of hydrogen-bond acceptors (Lipinski definition) is 4. The highest BCUT2D eigenvalue weighted by molar-refractivity contribution is 5.38. The van der Waals surface area contributed by atoms with E-state index < -0.39 is 0 Å². The van der Waals surface area contributed by atoms with Crippen LogP contribution in [0.5, 0.6) is 0 Å². The molecule has 1 heterocycles. The number of hydrogen-bond donors (Lipinski definition) is 0. The fourth-order valence-corrected chi connectivity index (χ4v) is 1.68. The third kappa shape index (κ3) is 2.84. The Morgan fingerprint density at radius 2 is 1.87 bits per heavy atom. The predicted octanol–water partition coefficient (Wildman–Crippen LogP) is 1.92. The van der Waals surface area contributed by atoms with Crippen LogP contribution in [0.3, 0.4) is 0 Å². The lowest BCUT2D eigenvalue weighted by molar-refractivity contribution is 0.0342. The molecule has 0 spiro atoms. The summed E-state index contributed by atoms with van der Waals surface area (Å²) >= 11 is 0. The van der Waals surface area contributed by atoms with Gasteiger partial charge >= 0.3 is 0 Å². The first kappa shape index (κ1) is 10.3. The van der Waals surface area contributed by atoms with Crippen molar-refractivity contribution in [2.45, 2.75) is 6.54 Å². The van der Waals surface area contributed by atoms with Crippen molar-refractivity contribution in [3.05, 3.63) is 34.7 Å². The van der Waals surface area contributed by atoms with Gasteiger partial charge in [-0.15, -0.1) is 4.91 Å². The van der Waals surface area contributed by atoms with Gasteiger partial charge in [0.15, 0.2) is 0 Å². The molecule has 2 rings (SSSR count). The second-order valence-electron chi connectivity index (χ2n) is 3.65. The molecule has 0 radical (unpaired) electrons. The summed E-state index contributed by atoms with van der Waals surface area (Å²) in [6.07, 6.45) is 0. The molecule has 0 bridgehead atoms. The normalized spacial score (nSPS) is 17.6. The average Bonchev–Trinajstić information content (AvgIpc) is 2.31. The molecule has 0 aromatic heterocycles. The van der Waals surface area contributed by atoms with Gasteiger partial charge in [-0.25, -0.2) is 0 Å². The first-order valence-electron chi connectivity index (χ1n) is 5.11. The Morgan fingerprint density at radius 1 is 1.20 bits per heavy atom. The first-order valence-corrected chi connectivity index (χ1v) is 5.11. The highest BCUT2D eigenvalue weighted by Gasteiger charge is 2.10. The molecule has 1 aromatic rings. The molecular weight excluding hydrogens is 192 g/mol. The van der Waals surface area contributed by atoms with E-state index in [4.69, 9.17) is 4.74 Å². The molecule has 0 saturated carbocycles. The Bertz CT molecular complexity index is 318. The van der Waals surface area contributed by atoms with Crippen molar-refractivity contribution in [2.24, 2.45) is 5.18 Å². The summed E-state index contributed by atoms with van der Waals surface area (Å²) < 4.78 is 5.28. The Labute approximate surface area is 88.8 Å². The van der Waals surface area contributed by atoms with E-state index in [1.54, 1.807) is 12.1 Å². The van der Waals surface area contributed by atoms with Crippen molar-refractivity contribution in [1.82, 2.24) is 4.90 Å². The molecule has 80 valence electrons. The quantitative estimate of drug-likeness (QED) is 0.709. The lowest BCUT2D eigenvalue weighted by atomic mass is 10.2. The van der Waals surface area contributed by atoms with Crippen LogP contribution in [0.4, 0.5) is 5.69 Å². The average molecular weight is 206 g/mol. The zero-order valence-electron chi connectivity index (χ0n) is 8.56. The van der Waals surface area contributed by atoms with Gasteiger partial charge in [0, 0.05) is 19.6 Å². The zero-order chi connectivity index (χ0) is 10.5. The van der Waals surface area contributed by atoms with Gasteiger partial charge in [0.1, 0.15) is 5.69 Å². The maximum atomic E-state index is 10.2. The van der Waals surface area contributed by atoms with Crippen LogP contribution < -0.4 is 0 Å². The Kier molecular flexibility index (Phi) is 3.42. The van der Waals surface area contributed by atoms with Crippen molar-refractivity contribution < 1.29 is 4.74 Å². The second kappa shape index (κ2) is 5.00. The summed E-state index contributed by atoms with van der Waals surface area (Å²) in [4.78, 5) is 12.6. The van der Waals surface area contributed by atoms with Crippen LogP contribution >= 0.6 is 0 Å². The van der Waals surface area contributed by atoms with Crippen LogP contribution in [0.15, 0.2) is 29.4 Å². The van der Waals surface area contributed by atoms with E-state index in [0.717, 1.165) is 32.8 Å². The molecule has 4 nitrogen and oxygen atoms in total. The summed E-state index contributed by atoms with van der Waals surface area (Å²) in [7, 11) is 0. The molecule has 4 heteroatoms. The van der Waals surface area contributed by atoms with Gasteiger partial charge < -0.3 is 4.74 Å². The van der Waals surface area contributed by atoms with E-state index in [2.05, 4.69) is 10.1 Å². The van der Waals surface area contributed by atoms with Crippen molar-refractivity contribution in [3.63, 3.8) is 0 Å². The van der Waals surface area contributed by atoms with Crippen molar-refractivity contribution in [1.29, 1.82) is 0 Å². The largest absolute Gasteiger partial charge is 0.379 e. The summed E-state index contributed by atoms with van der Waals surface area (Å²) in [6, 6.07) is 7.41. The van der Waals surface area contributed by atoms with Crippen molar-refractivity contribution in [3.8, 4) is 0 Å². The van der Waals surface area contributed by atoms with Crippen LogP contribution in [-0.4, -0.2) is 31.2 Å². The van der Waals surface area contributed by atoms with Gasteiger partial charge in [-0.05, 0) is 22.9 Å². The van der Waals surface area contributed by atoms with Crippen LogP contribution in [0.2, 0.25) is 0 Å². The van der Waals surface area contributed by atoms with E-state index in [-0.39, 0.29) is 0 Å². The SMILES string of the molecule is O=Nc1ccc(CN2CCOCC2)cc1. The van der Waals surface area contributed by atoms with Gasteiger partial charge in [0.25, 0.3) is 0 Å². The molecule has 0 atom stereocenters. The number of ether oxygens (including phenoxy) is 1. The van der Waals surface area contributed by atoms with Crippen LogP contribution in [0.1, 0.15) is 5.56 Å². The molecule has 1 aromatic carbocycles. The van der Waals surface area contributed by atoms with Gasteiger partial charge in [0.05, 0.1) is 13.2 Å². The number of morpholine rings is 1. The number of nitrogens with zero attached hydrogens (tertiary/aromatic N) is 2. The lowest BCUT2D eigenvalue weighted by Crippen LogP contribution is -2.35. The molecule has 0 N–H and O–H groups in total. The van der Waals surface area contributed by atoms with Gasteiger partial charge in [0.2, 0.25) is 0 Å². The molecular formula is C11H14N2O2. The summed E-state index contributed by atoms with van der Waals surface area (Å²) in [5, 5.41) is 2.87. The fraction of sp³-hybridized carbons (Fsp3) is 0.455. The molecule has 15 heavy (non-hydrogen) atoms. The van der Waals surface area contributed by atoms with E-state index in [1.165, 1.54) is 5.56 Å². The molecule has 0 aliphatic carbocycles. The fourth-order valence-electron chi connectivity index (χ4n) is 1.68. The van der Waals surface area contributed by atoms with Crippen molar-refractivity contribution >= 4 is 5.69 Å².